The Labute approximate surface area is 154 Å². The van der Waals surface area contributed by atoms with Crippen molar-refractivity contribution < 1.29 is 19.4 Å². The number of aliphatic hydroxyl groups excluding tert-OH is 1. The van der Waals surface area contributed by atoms with E-state index in [0.717, 1.165) is 44.4 Å². The molecule has 3 rings (SSSR count). The smallest absolute Gasteiger partial charge is 0.306 e. The van der Waals surface area contributed by atoms with Gasteiger partial charge in [-0.15, -0.1) is 11.8 Å². The highest BCUT2D eigenvalue weighted by Gasteiger charge is 2.42. The third-order valence-electron chi connectivity index (χ3n) is 5.55. The van der Waals surface area contributed by atoms with Crippen LogP contribution in [0.15, 0.2) is 0 Å². The van der Waals surface area contributed by atoms with Gasteiger partial charge in [-0.25, -0.2) is 0 Å². The molecular weight excluding hydrogens is 340 g/mol. The maximum atomic E-state index is 11.9. The Balaban J connectivity index is 1.39. The predicted molar refractivity (Wildman–Crippen MR) is 98.2 cm³/mol. The van der Waals surface area contributed by atoms with Crippen molar-refractivity contribution >= 4 is 17.7 Å². The van der Waals surface area contributed by atoms with E-state index in [0.29, 0.717) is 31.4 Å². The fourth-order valence-corrected chi connectivity index (χ4v) is 5.24. The van der Waals surface area contributed by atoms with Gasteiger partial charge in [-0.1, -0.05) is 13.3 Å². The highest BCUT2D eigenvalue weighted by Crippen LogP contribution is 2.40. The van der Waals surface area contributed by atoms with Crippen LogP contribution in [-0.4, -0.2) is 60.3 Å². The summed E-state index contributed by atoms with van der Waals surface area (Å²) in [6.07, 6.45) is 5.22. The minimum Gasteiger partial charge on any atom is -0.462 e. The molecule has 2 aliphatic heterocycles. The monoisotopic (exact) mass is 372 g/mol. The van der Waals surface area contributed by atoms with Crippen LogP contribution in [0.1, 0.15) is 45.4 Å². The molecule has 0 aromatic carbocycles. The summed E-state index contributed by atoms with van der Waals surface area (Å²) < 4.78 is 11.5. The summed E-state index contributed by atoms with van der Waals surface area (Å²) in [4.78, 5) is 11.9. The van der Waals surface area contributed by atoms with Crippen molar-refractivity contribution in [2.45, 2.75) is 69.3 Å². The second-order valence-corrected chi connectivity index (χ2v) is 8.69. The van der Waals surface area contributed by atoms with Gasteiger partial charge in [0.2, 0.25) is 0 Å². The number of hydrogen-bond acceptors (Lipinski definition) is 7. The molecule has 0 aromatic heterocycles. The number of hydrogen-bond donors (Lipinski definition) is 3. The molecule has 0 bridgehead atoms. The molecule has 1 saturated carbocycles. The van der Waals surface area contributed by atoms with E-state index in [9.17, 15) is 9.90 Å². The molecule has 0 amide bonds. The van der Waals surface area contributed by atoms with Crippen molar-refractivity contribution in [3.05, 3.63) is 0 Å². The van der Waals surface area contributed by atoms with Gasteiger partial charge in [0.05, 0.1) is 18.8 Å². The first kappa shape index (κ1) is 19.4. The number of carbonyl (C=O) groups is 1. The van der Waals surface area contributed by atoms with Gasteiger partial charge in [-0.2, -0.15) is 0 Å². The molecule has 3 aliphatic rings. The maximum Gasteiger partial charge on any atom is 0.306 e. The molecule has 25 heavy (non-hydrogen) atoms. The summed E-state index contributed by atoms with van der Waals surface area (Å²) in [6, 6.07) is 0. The summed E-state index contributed by atoms with van der Waals surface area (Å²) in [5, 5.41) is 16.7. The zero-order chi connectivity index (χ0) is 17.6. The van der Waals surface area contributed by atoms with Gasteiger partial charge in [0.15, 0.2) is 0 Å². The molecule has 5 unspecified atom stereocenters. The van der Waals surface area contributed by atoms with Crippen LogP contribution in [0, 0.1) is 11.8 Å². The van der Waals surface area contributed by atoms with Crippen molar-refractivity contribution in [2.75, 3.05) is 25.4 Å². The summed E-state index contributed by atoms with van der Waals surface area (Å²) in [5.74, 6) is 2.02. The third kappa shape index (κ3) is 5.57. The Kier molecular flexibility index (Phi) is 7.42. The molecule has 1 aliphatic carbocycles. The number of fused-ring (bicyclic) bond motifs is 1. The number of aliphatic hydroxyl groups is 1. The Bertz CT molecular complexity index is 433. The minimum atomic E-state index is -0.512. The molecule has 0 spiro atoms. The number of thioether (sulfide) groups is 1. The standard InChI is InChI=1S/C18H32N2O4S/c1-2-3-12-8-17(22)24-16-9-14(4-5-15(12)16)23-11-13(21)10-20-18-19-6-7-25-18/h12-16,18-21H,2-11H2,1H3/t12?,13-,14?,15?,16?,18?/m0/s1. The van der Waals surface area contributed by atoms with E-state index in [-0.39, 0.29) is 23.7 Å². The number of esters is 1. The summed E-state index contributed by atoms with van der Waals surface area (Å²) >= 11 is 1.82. The zero-order valence-electron chi connectivity index (χ0n) is 15.1. The van der Waals surface area contributed by atoms with Crippen molar-refractivity contribution in [2.24, 2.45) is 11.8 Å². The number of ether oxygens (including phenoxy) is 2. The maximum absolute atomic E-state index is 11.9. The van der Waals surface area contributed by atoms with E-state index in [2.05, 4.69) is 17.6 Å². The largest absolute Gasteiger partial charge is 0.462 e. The first-order chi connectivity index (χ1) is 12.2. The molecule has 6 nitrogen and oxygen atoms in total. The van der Waals surface area contributed by atoms with Crippen LogP contribution in [0.4, 0.5) is 0 Å². The van der Waals surface area contributed by atoms with Crippen LogP contribution in [0.5, 0.6) is 0 Å². The highest BCUT2D eigenvalue weighted by molar-refractivity contribution is 8.00. The van der Waals surface area contributed by atoms with E-state index in [1.54, 1.807) is 0 Å². The molecule has 0 radical (unpaired) electrons. The highest BCUT2D eigenvalue weighted by atomic mass is 32.2. The summed E-state index contributed by atoms with van der Waals surface area (Å²) in [7, 11) is 0. The number of nitrogens with one attached hydrogen (secondary N) is 2. The Morgan fingerprint density at radius 2 is 2.36 bits per heavy atom. The van der Waals surface area contributed by atoms with E-state index in [4.69, 9.17) is 9.47 Å². The average molecular weight is 373 g/mol. The Morgan fingerprint density at radius 3 is 3.12 bits per heavy atom. The number of carbonyl (C=O) groups excluding carboxylic acids is 1. The van der Waals surface area contributed by atoms with Gasteiger partial charge in [-0.05, 0) is 31.1 Å². The van der Waals surface area contributed by atoms with Crippen LogP contribution in [-0.2, 0) is 14.3 Å². The van der Waals surface area contributed by atoms with Crippen LogP contribution in [0.3, 0.4) is 0 Å². The lowest BCUT2D eigenvalue weighted by Gasteiger charge is -2.43. The first-order valence-electron chi connectivity index (χ1n) is 9.73. The van der Waals surface area contributed by atoms with E-state index in [1.807, 2.05) is 11.8 Å². The van der Waals surface area contributed by atoms with Gasteiger partial charge in [0.1, 0.15) is 11.6 Å². The molecule has 7 heteroatoms. The van der Waals surface area contributed by atoms with E-state index in [1.165, 1.54) is 0 Å². The minimum absolute atomic E-state index is 0.00547. The molecule has 0 aromatic rings. The van der Waals surface area contributed by atoms with Crippen LogP contribution in [0.2, 0.25) is 0 Å². The SMILES string of the molecule is CCCC1CC(=O)OC2CC(OC[C@@H](O)CNC3NCCS3)CCC12. The lowest BCUT2D eigenvalue weighted by molar-refractivity contribution is -0.173. The Morgan fingerprint density at radius 1 is 1.48 bits per heavy atom. The molecule has 3 fully saturated rings. The Hall–Kier alpha value is -0.340. The normalized spacial score (nSPS) is 36.7. The quantitative estimate of drug-likeness (QED) is 0.557. The molecule has 6 atom stereocenters. The third-order valence-corrected chi connectivity index (χ3v) is 6.66. The lowest BCUT2D eigenvalue weighted by atomic mass is 9.72. The second kappa shape index (κ2) is 9.55. The average Bonchev–Trinajstić information content (AvgIpc) is 3.11. The van der Waals surface area contributed by atoms with Gasteiger partial charge in [0.25, 0.3) is 0 Å². The summed E-state index contributed by atoms with van der Waals surface area (Å²) in [5.41, 5.74) is 0.238. The molecule has 144 valence electrons. The molecule has 3 N–H and O–H groups in total. The molecule has 2 heterocycles. The van der Waals surface area contributed by atoms with Gasteiger partial charge in [0, 0.05) is 31.7 Å². The number of rotatable bonds is 8. The second-order valence-electron chi connectivity index (χ2n) is 7.48. The van der Waals surface area contributed by atoms with Crippen molar-refractivity contribution in [3.8, 4) is 0 Å². The van der Waals surface area contributed by atoms with Crippen molar-refractivity contribution in [1.29, 1.82) is 0 Å². The molecular formula is C18H32N2O4S. The summed E-state index contributed by atoms with van der Waals surface area (Å²) in [6.45, 7) is 4.05. The first-order valence-corrected chi connectivity index (χ1v) is 10.8. The van der Waals surface area contributed by atoms with Gasteiger partial charge in [-0.3, -0.25) is 15.4 Å². The van der Waals surface area contributed by atoms with E-state index < -0.39 is 6.10 Å². The van der Waals surface area contributed by atoms with Crippen LogP contribution >= 0.6 is 11.8 Å². The van der Waals surface area contributed by atoms with Gasteiger partial charge < -0.3 is 14.6 Å². The topological polar surface area (TPSA) is 79.8 Å². The van der Waals surface area contributed by atoms with Gasteiger partial charge >= 0.3 is 5.97 Å². The van der Waals surface area contributed by atoms with E-state index >= 15 is 0 Å². The fourth-order valence-electron chi connectivity index (χ4n) is 4.32. The lowest BCUT2D eigenvalue weighted by Crippen LogP contribution is -2.45. The van der Waals surface area contributed by atoms with Crippen LogP contribution in [0.25, 0.3) is 0 Å². The van der Waals surface area contributed by atoms with Crippen LogP contribution < -0.4 is 10.6 Å². The zero-order valence-corrected chi connectivity index (χ0v) is 15.9. The molecule has 2 saturated heterocycles. The predicted octanol–water partition coefficient (Wildman–Crippen LogP) is 1.47. The van der Waals surface area contributed by atoms with Crippen molar-refractivity contribution in [3.63, 3.8) is 0 Å². The van der Waals surface area contributed by atoms with Crippen molar-refractivity contribution in [1.82, 2.24) is 10.6 Å². The fraction of sp³-hybridized carbons (Fsp3) is 0.944.